The fraction of sp³-hybridized carbons (Fsp3) is 0.114. The van der Waals surface area contributed by atoms with Gasteiger partial charge in [0.15, 0.2) is 0 Å². The van der Waals surface area contributed by atoms with Gasteiger partial charge in [-0.3, -0.25) is 0 Å². The first-order valence-electron chi connectivity index (χ1n) is 33.7. The number of aromatic nitrogens is 2. The maximum atomic E-state index is 7.41. The van der Waals surface area contributed by atoms with Crippen LogP contribution in [0.25, 0.3) is 89.3 Å². The Morgan fingerprint density at radius 2 is 1.06 bits per heavy atom. The van der Waals surface area contributed by atoms with Crippen LogP contribution >= 0.6 is 0 Å². The summed E-state index contributed by atoms with van der Waals surface area (Å²) in [5.41, 5.74) is 22.3. The van der Waals surface area contributed by atoms with Gasteiger partial charge in [0.1, 0.15) is 5.82 Å². The van der Waals surface area contributed by atoms with E-state index in [2.05, 4.69) is 341 Å². The van der Waals surface area contributed by atoms with E-state index in [4.69, 9.17) is 9.72 Å². The standard InChI is InChI=1S/C88H65BN5O.Pt/c1-5-22-61(23-6-1)73-32-19-33-74(62-24-7-2-8-25-62)86(73)66-53-70(91-58-92(82-39-18-17-38-81(82)91)87-75(63-26-9-3-10-27-63)34-20-35-76(87)64-28-11-4-12-29-64)56-72(54-66)95-71-41-42-78-77-31-14-16-37-80(77)94(83(78)57-71)85-55-67(44-46-90-85)88(68-49-59-48-60(51-68)52-69(88)50-59)84-40-21-47-93-79-36-15-13-30-65(79)43-45-89(84)93;/h1-47,53-55,58-60,68-69H,48-52H2;/q-3;. The third-order valence-electron chi connectivity index (χ3n) is 21.6. The first-order valence-corrected chi connectivity index (χ1v) is 33.7. The summed E-state index contributed by atoms with van der Waals surface area (Å²) >= 11 is 0. The summed E-state index contributed by atoms with van der Waals surface area (Å²) in [4.78, 5) is 12.6. The smallest absolute Gasteiger partial charge is 0.316 e. The largest absolute Gasteiger partial charge is 0.509 e. The topological polar surface area (TPSA) is 36.8 Å². The van der Waals surface area contributed by atoms with E-state index >= 15 is 0 Å². The van der Waals surface area contributed by atoms with Gasteiger partial charge in [0.2, 0.25) is 0 Å². The normalized spacial score (nSPS) is 19.5. The van der Waals surface area contributed by atoms with Gasteiger partial charge in [-0.25, -0.2) is 4.98 Å². The molecule has 0 amide bonds. The van der Waals surface area contributed by atoms with Gasteiger partial charge in [0.25, 0.3) is 0 Å². The number of rotatable bonds is 12. The van der Waals surface area contributed by atoms with E-state index in [1.54, 1.807) is 0 Å². The third kappa shape index (κ3) is 9.52. The number of pyridine rings is 1. The predicted molar refractivity (Wildman–Crippen MR) is 391 cm³/mol. The molecule has 7 aliphatic rings. The molecule has 20 rings (SSSR count). The van der Waals surface area contributed by atoms with Crippen molar-refractivity contribution >= 4 is 63.2 Å². The molecule has 0 spiro atoms. The van der Waals surface area contributed by atoms with Gasteiger partial charge >= 0.3 is 6.85 Å². The molecule has 6 nitrogen and oxygen atoms in total. The molecule has 0 saturated heterocycles. The molecule has 96 heavy (non-hydrogen) atoms. The molecule has 4 saturated carbocycles. The zero-order chi connectivity index (χ0) is 62.6. The second-order valence-corrected chi connectivity index (χ2v) is 26.7. The third-order valence-corrected chi connectivity index (χ3v) is 21.6. The molecule has 13 aromatic rings. The first kappa shape index (κ1) is 58.1. The average Bonchev–Trinajstić information content (AvgIpc) is 0.846. The Hall–Kier alpha value is -10.5. The van der Waals surface area contributed by atoms with Crippen LogP contribution in [0, 0.1) is 42.5 Å². The van der Waals surface area contributed by atoms with E-state index in [9.17, 15) is 0 Å². The molecule has 0 radical (unpaired) electrons. The van der Waals surface area contributed by atoms with Gasteiger partial charge < -0.3 is 23.9 Å². The Balaban J connectivity index is 0.00000672. The van der Waals surface area contributed by atoms with Crippen molar-refractivity contribution in [2.24, 2.45) is 23.7 Å². The maximum absolute atomic E-state index is 7.41. The van der Waals surface area contributed by atoms with Gasteiger partial charge in [0, 0.05) is 83.6 Å². The van der Waals surface area contributed by atoms with Crippen LogP contribution in [0.4, 0.5) is 28.4 Å². The molecule has 8 heteroatoms. The number of allylic oxidation sites excluding steroid dienone is 3. The Morgan fingerprint density at radius 1 is 0.490 bits per heavy atom. The molecule has 5 heterocycles. The molecule has 2 aromatic heterocycles. The van der Waals surface area contributed by atoms with Crippen LogP contribution < -0.4 is 19.3 Å². The molecular weight excluding hydrogens is 1350 g/mol. The fourth-order valence-electron chi connectivity index (χ4n) is 18.0. The molecule has 0 N–H and O–H groups in total. The number of hydrogen-bond donors (Lipinski definition) is 0. The van der Waals surface area contributed by atoms with Crippen LogP contribution in [0.3, 0.4) is 0 Å². The summed E-state index contributed by atoms with van der Waals surface area (Å²) in [7, 11) is 0. The maximum Gasteiger partial charge on any atom is 0.316 e. The molecule has 3 aliphatic heterocycles. The van der Waals surface area contributed by atoms with E-state index in [-0.39, 0.29) is 33.3 Å². The number of fused-ring (bicyclic) bond motifs is 7. The monoisotopic (exact) mass is 1410 g/mol. The van der Waals surface area contributed by atoms with Gasteiger partial charge in [-0.2, -0.15) is 6.07 Å². The second-order valence-electron chi connectivity index (χ2n) is 26.7. The summed E-state index contributed by atoms with van der Waals surface area (Å²) in [5.74, 6) is 7.17. The van der Waals surface area contributed by atoms with Crippen LogP contribution in [0.1, 0.15) is 43.2 Å². The molecule has 11 aromatic carbocycles. The first-order chi connectivity index (χ1) is 47.1. The van der Waals surface area contributed by atoms with Crippen molar-refractivity contribution in [2.45, 2.75) is 37.5 Å². The Morgan fingerprint density at radius 3 is 1.72 bits per heavy atom. The number of para-hydroxylation sites is 5. The minimum Gasteiger partial charge on any atom is -0.509 e. The fourth-order valence-corrected chi connectivity index (χ4v) is 18.0. The molecule has 4 fully saturated rings. The van der Waals surface area contributed by atoms with Crippen molar-refractivity contribution in [3.8, 4) is 73.0 Å². The second kappa shape index (κ2) is 23.8. The van der Waals surface area contributed by atoms with E-state index in [1.165, 1.54) is 54.4 Å². The molecule has 0 unspecified atom stereocenters. The zero-order valence-corrected chi connectivity index (χ0v) is 55.1. The minimum atomic E-state index is -0.163. The molecule has 464 valence electrons. The Bertz CT molecular complexity index is 5110. The average molecular weight is 1410 g/mol. The number of anilines is 5. The summed E-state index contributed by atoms with van der Waals surface area (Å²) in [6.45, 7) is 2.37. The van der Waals surface area contributed by atoms with Crippen LogP contribution in [-0.2, 0) is 26.5 Å². The van der Waals surface area contributed by atoms with Crippen molar-refractivity contribution < 1.29 is 25.8 Å². The molecular formula is C88H65BN5OPt-3. The van der Waals surface area contributed by atoms with Gasteiger partial charge in [-0.1, -0.05) is 235 Å². The van der Waals surface area contributed by atoms with Gasteiger partial charge in [-0.15, -0.1) is 53.6 Å². The quantitative estimate of drug-likeness (QED) is 0.0900. The van der Waals surface area contributed by atoms with E-state index in [1.807, 2.05) is 0 Å². The summed E-state index contributed by atoms with van der Waals surface area (Å²) in [6.07, 6.45) is 18.1. The van der Waals surface area contributed by atoms with Crippen LogP contribution in [0.15, 0.2) is 303 Å². The summed E-state index contributed by atoms with van der Waals surface area (Å²) < 4.78 is 9.76. The van der Waals surface area contributed by atoms with Crippen molar-refractivity contribution in [3.05, 3.63) is 333 Å². The van der Waals surface area contributed by atoms with Crippen molar-refractivity contribution in [1.29, 1.82) is 0 Å². The Labute approximate surface area is 576 Å². The van der Waals surface area contributed by atoms with E-state index in [0.717, 1.165) is 118 Å². The summed E-state index contributed by atoms with van der Waals surface area (Å²) in [6, 6.07) is 104. The van der Waals surface area contributed by atoms with E-state index in [0.29, 0.717) is 23.3 Å². The minimum absolute atomic E-state index is 0. The van der Waals surface area contributed by atoms with Crippen LogP contribution in [0.5, 0.6) is 11.5 Å². The SMILES string of the molecule is [Pt].[c-]1c(Oc2[c-]c3c(cc2)c2ccccc2n3-c2cc(C3(C4=CC=CN5B4C=Cc4ccccc45)C4CC5CC(C4)CC3C5)ccn2)cc(-c2c(-c3ccccc3)cccc2-c2ccccc2)cc1N1[CH-]N(c2c(-c3ccccc3)cccc2-c2ccccc2)c2ccccc21. The summed E-state index contributed by atoms with van der Waals surface area (Å²) in [5, 5.41) is 2.23. The molecule has 4 bridgehead atoms. The van der Waals surface area contributed by atoms with Crippen molar-refractivity contribution in [1.82, 2.24) is 9.55 Å². The molecule has 4 aliphatic carbocycles. The van der Waals surface area contributed by atoms with Gasteiger partial charge in [0.05, 0.1) is 0 Å². The number of benzene rings is 11. The Kier molecular flexibility index (Phi) is 14.4. The number of hydrogen-bond acceptors (Lipinski definition) is 5. The van der Waals surface area contributed by atoms with Crippen molar-refractivity contribution in [3.63, 3.8) is 0 Å². The van der Waals surface area contributed by atoms with Gasteiger partial charge in [-0.05, 0) is 160 Å². The predicted octanol–water partition coefficient (Wildman–Crippen LogP) is 22.1. The molecule has 0 atom stereocenters. The number of ether oxygens (including phenoxy) is 1. The van der Waals surface area contributed by atoms with E-state index < -0.39 is 0 Å². The van der Waals surface area contributed by atoms with Crippen molar-refractivity contribution in [2.75, 3.05) is 14.6 Å². The van der Waals surface area contributed by atoms with Crippen LogP contribution in [0.2, 0.25) is 0 Å². The number of nitrogens with zero attached hydrogens (tertiary/aromatic N) is 5. The zero-order valence-electron chi connectivity index (χ0n) is 52.8. The van der Waals surface area contributed by atoms with Crippen LogP contribution in [-0.4, -0.2) is 16.4 Å².